The van der Waals surface area contributed by atoms with E-state index in [1.54, 1.807) is 0 Å². The number of piperidine rings is 1. The summed E-state index contributed by atoms with van der Waals surface area (Å²) in [7, 11) is 0. The topological polar surface area (TPSA) is 44.7 Å². The van der Waals surface area contributed by atoms with Gasteiger partial charge < -0.3 is 20.1 Å². The third-order valence-electron chi connectivity index (χ3n) is 4.29. The van der Waals surface area contributed by atoms with Crippen molar-refractivity contribution in [2.24, 2.45) is 5.92 Å². The number of nitrogens with one attached hydrogen (secondary N) is 1. The molecule has 120 valence electrons. The highest BCUT2D eigenvalue weighted by Gasteiger charge is 2.24. The van der Waals surface area contributed by atoms with Crippen LogP contribution in [0.4, 0.5) is 0 Å². The molecule has 2 atom stereocenters. The van der Waals surface area contributed by atoms with Crippen LogP contribution in [0.3, 0.4) is 0 Å². The number of unbranched alkanes of at least 4 members (excludes halogenated alkanes) is 1. The summed E-state index contributed by atoms with van der Waals surface area (Å²) in [6.07, 6.45) is 4.36. The molecule has 0 spiro atoms. The maximum absolute atomic E-state index is 9.98. The summed E-state index contributed by atoms with van der Waals surface area (Å²) in [5.41, 5.74) is 0. The molecule has 1 saturated heterocycles. The van der Waals surface area contributed by atoms with E-state index in [0.717, 1.165) is 51.5 Å². The molecule has 0 amide bonds. The van der Waals surface area contributed by atoms with Crippen LogP contribution in [0.25, 0.3) is 0 Å². The molecule has 0 aromatic rings. The highest BCUT2D eigenvalue weighted by Crippen LogP contribution is 2.20. The number of nitrogens with zero attached hydrogens (tertiary/aromatic N) is 1. The second-order valence-electron chi connectivity index (χ2n) is 6.07. The molecule has 1 aliphatic heterocycles. The van der Waals surface area contributed by atoms with Gasteiger partial charge in [0.25, 0.3) is 0 Å². The van der Waals surface area contributed by atoms with Crippen LogP contribution in [0.2, 0.25) is 0 Å². The van der Waals surface area contributed by atoms with Gasteiger partial charge in [-0.25, -0.2) is 0 Å². The number of likely N-dealkylation sites (tertiary alicyclic amines) is 1. The molecule has 0 saturated carbocycles. The van der Waals surface area contributed by atoms with Crippen molar-refractivity contribution in [3.8, 4) is 0 Å². The number of rotatable bonds is 10. The monoisotopic (exact) mass is 286 g/mol. The zero-order valence-corrected chi connectivity index (χ0v) is 13.6. The summed E-state index contributed by atoms with van der Waals surface area (Å²) in [6.45, 7) is 11.9. The lowest BCUT2D eigenvalue weighted by molar-refractivity contribution is 0.00889. The smallest absolute Gasteiger partial charge is 0.0900 e. The van der Waals surface area contributed by atoms with Crippen molar-refractivity contribution in [2.45, 2.75) is 58.6 Å². The molecule has 2 unspecified atom stereocenters. The Bertz CT molecular complexity index is 231. The molecule has 0 aromatic heterocycles. The Morgan fingerprint density at radius 3 is 2.60 bits per heavy atom. The number of ether oxygens (including phenoxy) is 1. The maximum atomic E-state index is 9.98. The first-order valence-electron chi connectivity index (χ1n) is 8.38. The molecule has 0 bridgehead atoms. The highest BCUT2D eigenvalue weighted by molar-refractivity contribution is 4.80. The Hall–Kier alpha value is -0.160. The van der Waals surface area contributed by atoms with Gasteiger partial charge in [0.15, 0.2) is 0 Å². The van der Waals surface area contributed by atoms with Crippen LogP contribution < -0.4 is 5.32 Å². The number of hydrogen-bond donors (Lipinski definition) is 2. The predicted octanol–water partition coefficient (Wildman–Crippen LogP) is 1.87. The summed E-state index contributed by atoms with van der Waals surface area (Å²) in [6, 6.07) is 0.615. The van der Waals surface area contributed by atoms with Gasteiger partial charge in [0.05, 0.1) is 12.7 Å². The first-order chi connectivity index (χ1) is 9.67. The van der Waals surface area contributed by atoms with Crippen LogP contribution in [0.15, 0.2) is 0 Å². The summed E-state index contributed by atoms with van der Waals surface area (Å²) in [5.74, 6) is 0.782. The Labute approximate surface area is 124 Å². The summed E-state index contributed by atoms with van der Waals surface area (Å²) in [5, 5.41) is 13.5. The lowest BCUT2D eigenvalue weighted by Crippen LogP contribution is -2.44. The normalized spacial score (nSPS) is 21.0. The fourth-order valence-corrected chi connectivity index (χ4v) is 2.94. The summed E-state index contributed by atoms with van der Waals surface area (Å²) >= 11 is 0. The molecular weight excluding hydrogens is 252 g/mol. The van der Waals surface area contributed by atoms with Gasteiger partial charge in [-0.05, 0) is 51.7 Å². The third-order valence-corrected chi connectivity index (χ3v) is 4.29. The molecule has 4 heteroatoms. The molecule has 1 fully saturated rings. The Morgan fingerprint density at radius 1 is 1.30 bits per heavy atom. The van der Waals surface area contributed by atoms with Crippen LogP contribution in [-0.2, 0) is 4.74 Å². The van der Waals surface area contributed by atoms with Crippen molar-refractivity contribution in [3.63, 3.8) is 0 Å². The number of β-amino-alcohol motifs (C(OH)–C–C–N with tert-alkyl or cyclic N) is 1. The van der Waals surface area contributed by atoms with E-state index in [1.165, 1.54) is 12.8 Å². The SMILES string of the molecule is CCCCOCC(O)CN1CCC(C(C)NCC)CC1. The van der Waals surface area contributed by atoms with Gasteiger partial charge in [0.1, 0.15) is 0 Å². The maximum Gasteiger partial charge on any atom is 0.0900 e. The van der Waals surface area contributed by atoms with Crippen LogP contribution >= 0.6 is 0 Å². The van der Waals surface area contributed by atoms with E-state index in [4.69, 9.17) is 4.74 Å². The molecule has 2 N–H and O–H groups in total. The van der Waals surface area contributed by atoms with Gasteiger partial charge in [0, 0.05) is 19.2 Å². The number of hydrogen-bond acceptors (Lipinski definition) is 4. The van der Waals surface area contributed by atoms with E-state index >= 15 is 0 Å². The van der Waals surface area contributed by atoms with E-state index in [9.17, 15) is 5.11 Å². The van der Waals surface area contributed by atoms with Crippen molar-refractivity contribution in [1.29, 1.82) is 0 Å². The van der Waals surface area contributed by atoms with Gasteiger partial charge in [-0.1, -0.05) is 20.3 Å². The van der Waals surface area contributed by atoms with E-state index in [1.807, 2.05) is 0 Å². The van der Waals surface area contributed by atoms with Gasteiger partial charge >= 0.3 is 0 Å². The Kier molecular flexibility index (Phi) is 9.44. The quantitative estimate of drug-likeness (QED) is 0.602. The molecular formula is C16H34N2O2. The third kappa shape index (κ3) is 7.02. The molecule has 1 rings (SSSR count). The van der Waals surface area contributed by atoms with Crippen LogP contribution in [0.5, 0.6) is 0 Å². The van der Waals surface area contributed by atoms with E-state index in [0.29, 0.717) is 12.6 Å². The van der Waals surface area contributed by atoms with E-state index in [-0.39, 0.29) is 6.10 Å². The second kappa shape index (κ2) is 10.6. The van der Waals surface area contributed by atoms with Crippen molar-refractivity contribution in [2.75, 3.05) is 39.4 Å². The average Bonchev–Trinajstić information content (AvgIpc) is 2.45. The van der Waals surface area contributed by atoms with Crippen LogP contribution in [-0.4, -0.2) is 61.5 Å². The van der Waals surface area contributed by atoms with Gasteiger partial charge in [0.2, 0.25) is 0 Å². The zero-order valence-electron chi connectivity index (χ0n) is 13.6. The first-order valence-corrected chi connectivity index (χ1v) is 8.38. The fourth-order valence-electron chi connectivity index (χ4n) is 2.94. The molecule has 0 radical (unpaired) electrons. The van der Waals surface area contributed by atoms with E-state index < -0.39 is 0 Å². The minimum atomic E-state index is -0.338. The van der Waals surface area contributed by atoms with Crippen molar-refractivity contribution < 1.29 is 9.84 Å². The lowest BCUT2D eigenvalue weighted by Gasteiger charge is -2.35. The minimum Gasteiger partial charge on any atom is -0.389 e. The molecule has 1 heterocycles. The molecule has 20 heavy (non-hydrogen) atoms. The predicted molar refractivity (Wildman–Crippen MR) is 84.0 cm³/mol. The number of aliphatic hydroxyl groups is 1. The Morgan fingerprint density at radius 2 is 2.00 bits per heavy atom. The standard InChI is InChI=1S/C16H34N2O2/c1-4-6-11-20-13-16(19)12-18-9-7-15(8-10-18)14(3)17-5-2/h14-17,19H,4-13H2,1-3H3. The lowest BCUT2D eigenvalue weighted by atomic mass is 9.90. The average molecular weight is 286 g/mol. The van der Waals surface area contributed by atoms with Gasteiger partial charge in [-0.2, -0.15) is 0 Å². The zero-order chi connectivity index (χ0) is 14.8. The molecule has 4 nitrogen and oxygen atoms in total. The van der Waals surface area contributed by atoms with E-state index in [2.05, 4.69) is 31.0 Å². The largest absolute Gasteiger partial charge is 0.389 e. The first kappa shape index (κ1) is 17.9. The van der Waals surface area contributed by atoms with Gasteiger partial charge in [-0.3, -0.25) is 0 Å². The molecule has 1 aliphatic rings. The highest BCUT2D eigenvalue weighted by atomic mass is 16.5. The fraction of sp³-hybridized carbons (Fsp3) is 1.00. The van der Waals surface area contributed by atoms with Crippen LogP contribution in [0, 0.1) is 5.92 Å². The summed E-state index contributed by atoms with van der Waals surface area (Å²) in [4.78, 5) is 2.38. The van der Waals surface area contributed by atoms with Crippen molar-refractivity contribution >= 4 is 0 Å². The minimum absolute atomic E-state index is 0.338. The summed E-state index contributed by atoms with van der Waals surface area (Å²) < 4.78 is 5.48. The Balaban J connectivity index is 2.12. The van der Waals surface area contributed by atoms with Crippen molar-refractivity contribution in [3.05, 3.63) is 0 Å². The molecule has 0 aliphatic carbocycles. The van der Waals surface area contributed by atoms with Crippen molar-refractivity contribution in [1.82, 2.24) is 10.2 Å². The second-order valence-corrected chi connectivity index (χ2v) is 6.07. The number of aliphatic hydroxyl groups excluding tert-OH is 1. The molecule has 0 aromatic carbocycles. The van der Waals surface area contributed by atoms with Crippen LogP contribution in [0.1, 0.15) is 46.5 Å². The van der Waals surface area contributed by atoms with Gasteiger partial charge in [-0.15, -0.1) is 0 Å².